The summed E-state index contributed by atoms with van der Waals surface area (Å²) in [5.74, 6) is 0.753. The Balaban J connectivity index is 2.58. The molecule has 0 aliphatic heterocycles. The molecular weight excluding hydrogens is 294 g/mol. The van der Waals surface area contributed by atoms with Gasteiger partial charge in [-0.2, -0.15) is 0 Å². The van der Waals surface area contributed by atoms with Gasteiger partial charge in [-0.3, -0.25) is 4.79 Å². The number of hydrogen-bond acceptors (Lipinski definition) is 3. The molecule has 1 aromatic rings. The summed E-state index contributed by atoms with van der Waals surface area (Å²) >= 11 is 3.50. The van der Waals surface area contributed by atoms with Crippen molar-refractivity contribution in [1.82, 2.24) is 0 Å². The van der Waals surface area contributed by atoms with Crippen molar-refractivity contribution in [3.05, 3.63) is 27.2 Å². The van der Waals surface area contributed by atoms with Crippen LogP contribution in [0.3, 0.4) is 0 Å². The smallest absolute Gasteiger partial charge is 0.168 e. The van der Waals surface area contributed by atoms with Crippen LogP contribution in [0.5, 0.6) is 5.75 Å². The van der Waals surface area contributed by atoms with Crippen molar-refractivity contribution in [2.75, 3.05) is 13.7 Å². The van der Waals surface area contributed by atoms with E-state index in [0.29, 0.717) is 18.7 Å². The molecule has 0 radical (unpaired) electrons. The normalized spacial score (nSPS) is 14.2. The summed E-state index contributed by atoms with van der Waals surface area (Å²) in [5, 5.41) is 0. The fraction of sp³-hybridized carbons (Fsp3) is 0.500. The third kappa shape index (κ3) is 2.45. The van der Waals surface area contributed by atoms with Crippen LogP contribution in [0.2, 0.25) is 0 Å². The Bertz CT molecular complexity index is 471. The van der Waals surface area contributed by atoms with Gasteiger partial charge in [-0.25, -0.2) is 0 Å². The van der Waals surface area contributed by atoms with E-state index < -0.39 is 0 Å². The number of Topliss-reactive ketones (excluding diaryl/α,β-unsaturated/α-hetero) is 1. The molecule has 0 spiro atoms. The number of rotatable bonds is 4. The lowest BCUT2D eigenvalue weighted by Gasteiger charge is -2.22. The number of benzene rings is 1. The molecule has 0 bridgehead atoms. The number of ether oxygens (including phenoxy) is 1. The maximum Gasteiger partial charge on any atom is 0.168 e. The van der Waals surface area contributed by atoms with E-state index in [1.807, 2.05) is 0 Å². The van der Waals surface area contributed by atoms with E-state index in [0.717, 1.165) is 29.3 Å². The van der Waals surface area contributed by atoms with Crippen LogP contribution in [0.1, 0.15) is 40.7 Å². The molecule has 1 aromatic carbocycles. The highest BCUT2D eigenvalue weighted by Crippen LogP contribution is 2.38. The lowest BCUT2D eigenvalue weighted by Crippen LogP contribution is -2.15. The van der Waals surface area contributed by atoms with Crippen LogP contribution in [-0.4, -0.2) is 19.4 Å². The molecule has 1 aliphatic carbocycles. The van der Waals surface area contributed by atoms with Gasteiger partial charge in [-0.1, -0.05) is 0 Å². The van der Waals surface area contributed by atoms with Crippen molar-refractivity contribution in [3.63, 3.8) is 0 Å². The minimum atomic E-state index is 0.0915. The van der Waals surface area contributed by atoms with Gasteiger partial charge >= 0.3 is 0 Å². The first kappa shape index (κ1) is 13.6. The fourth-order valence-corrected chi connectivity index (χ4v) is 3.24. The van der Waals surface area contributed by atoms with E-state index in [4.69, 9.17) is 10.5 Å². The van der Waals surface area contributed by atoms with Crippen LogP contribution >= 0.6 is 15.9 Å². The van der Waals surface area contributed by atoms with Gasteiger partial charge in [0.25, 0.3) is 0 Å². The molecule has 0 atom stereocenters. The molecule has 3 nitrogen and oxygen atoms in total. The first-order valence-corrected chi connectivity index (χ1v) is 7.09. The standard InChI is InChI=1S/C14H18BrNO2/c1-18-14-11(15)8-9-4-2-3-5-10(9)13(14)12(17)6-7-16/h8H,2-7,16H2,1H3. The number of hydrogen-bond donors (Lipinski definition) is 1. The third-order valence-electron chi connectivity index (χ3n) is 3.41. The Morgan fingerprint density at radius 1 is 1.44 bits per heavy atom. The minimum Gasteiger partial charge on any atom is -0.495 e. The molecule has 0 saturated carbocycles. The van der Waals surface area contributed by atoms with Crippen molar-refractivity contribution < 1.29 is 9.53 Å². The van der Waals surface area contributed by atoms with E-state index >= 15 is 0 Å². The summed E-state index contributed by atoms with van der Waals surface area (Å²) in [4.78, 5) is 12.3. The molecule has 0 unspecified atom stereocenters. The number of aryl methyl sites for hydroxylation is 1. The van der Waals surface area contributed by atoms with Crippen LogP contribution < -0.4 is 10.5 Å². The van der Waals surface area contributed by atoms with Crippen molar-refractivity contribution in [1.29, 1.82) is 0 Å². The molecule has 2 N–H and O–H groups in total. The molecule has 2 rings (SSSR count). The number of nitrogens with two attached hydrogens (primary N) is 1. The number of halogens is 1. The van der Waals surface area contributed by atoms with Crippen LogP contribution in [0.4, 0.5) is 0 Å². The Hall–Kier alpha value is -0.870. The average molecular weight is 312 g/mol. The minimum absolute atomic E-state index is 0.0915. The summed E-state index contributed by atoms with van der Waals surface area (Å²) in [5.41, 5.74) is 8.68. The first-order chi connectivity index (χ1) is 8.69. The maximum absolute atomic E-state index is 12.3. The molecule has 4 heteroatoms. The second-order valence-corrected chi connectivity index (χ2v) is 5.43. The van der Waals surface area contributed by atoms with Crippen molar-refractivity contribution in [2.24, 2.45) is 5.73 Å². The summed E-state index contributed by atoms with van der Waals surface area (Å²) in [6.45, 7) is 0.378. The van der Waals surface area contributed by atoms with Gasteiger partial charge in [0.05, 0.1) is 17.1 Å². The summed E-state index contributed by atoms with van der Waals surface area (Å²) in [7, 11) is 1.61. The lowest BCUT2D eigenvalue weighted by molar-refractivity contribution is 0.0981. The Morgan fingerprint density at radius 3 is 2.83 bits per heavy atom. The number of carbonyl (C=O) groups is 1. The highest BCUT2D eigenvalue weighted by Gasteiger charge is 2.24. The molecule has 0 amide bonds. The molecule has 1 aliphatic rings. The molecule has 98 valence electrons. The van der Waals surface area contributed by atoms with Gasteiger partial charge in [-0.05, 0) is 65.4 Å². The Morgan fingerprint density at radius 2 is 2.17 bits per heavy atom. The predicted molar refractivity (Wildman–Crippen MR) is 75.3 cm³/mol. The van der Waals surface area contributed by atoms with Gasteiger partial charge < -0.3 is 10.5 Å². The summed E-state index contributed by atoms with van der Waals surface area (Å²) in [6, 6.07) is 2.09. The molecule has 0 aromatic heterocycles. The fourth-order valence-electron chi connectivity index (χ4n) is 2.60. The van der Waals surface area contributed by atoms with E-state index in [-0.39, 0.29) is 5.78 Å². The van der Waals surface area contributed by atoms with Gasteiger partial charge in [0, 0.05) is 6.42 Å². The van der Waals surface area contributed by atoms with Gasteiger partial charge in [0.1, 0.15) is 5.75 Å². The molecule has 0 fully saturated rings. The SMILES string of the molecule is COc1c(Br)cc2c(c1C(=O)CCN)CCCC2. The molecule has 0 heterocycles. The lowest BCUT2D eigenvalue weighted by atomic mass is 9.86. The van der Waals surface area contributed by atoms with Crippen molar-refractivity contribution >= 4 is 21.7 Å². The van der Waals surface area contributed by atoms with Gasteiger partial charge in [0.2, 0.25) is 0 Å². The van der Waals surface area contributed by atoms with E-state index in [9.17, 15) is 4.79 Å². The highest BCUT2D eigenvalue weighted by atomic mass is 79.9. The van der Waals surface area contributed by atoms with Crippen LogP contribution in [0, 0.1) is 0 Å². The molecule has 0 saturated heterocycles. The summed E-state index contributed by atoms with van der Waals surface area (Å²) < 4.78 is 6.27. The van der Waals surface area contributed by atoms with Crippen LogP contribution in [0.25, 0.3) is 0 Å². The van der Waals surface area contributed by atoms with Crippen LogP contribution in [0.15, 0.2) is 10.5 Å². The van der Waals surface area contributed by atoms with Crippen molar-refractivity contribution in [3.8, 4) is 5.75 Å². The zero-order valence-electron chi connectivity index (χ0n) is 10.6. The van der Waals surface area contributed by atoms with Crippen molar-refractivity contribution in [2.45, 2.75) is 32.1 Å². The largest absolute Gasteiger partial charge is 0.495 e. The zero-order valence-corrected chi connectivity index (χ0v) is 12.2. The monoisotopic (exact) mass is 311 g/mol. The molecular formula is C14H18BrNO2. The number of carbonyl (C=O) groups excluding carboxylic acids is 1. The van der Waals surface area contributed by atoms with E-state index in [1.54, 1.807) is 7.11 Å². The average Bonchev–Trinajstić information content (AvgIpc) is 2.37. The van der Waals surface area contributed by atoms with E-state index in [2.05, 4.69) is 22.0 Å². The third-order valence-corrected chi connectivity index (χ3v) is 4.00. The molecule has 18 heavy (non-hydrogen) atoms. The maximum atomic E-state index is 12.3. The number of ketones is 1. The zero-order chi connectivity index (χ0) is 13.1. The second-order valence-electron chi connectivity index (χ2n) is 4.57. The van der Waals surface area contributed by atoms with E-state index in [1.165, 1.54) is 17.5 Å². The number of fused-ring (bicyclic) bond motifs is 1. The topological polar surface area (TPSA) is 52.3 Å². The van der Waals surface area contributed by atoms with Crippen LogP contribution in [-0.2, 0) is 12.8 Å². The first-order valence-electron chi connectivity index (χ1n) is 6.30. The quantitative estimate of drug-likeness (QED) is 0.870. The number of methoxy groups -OCH3 is 1. The van der Waals surface area contributed by atoms with Gasteiger partial charge in [0.15, 0.2) is 5.78 Å². The highest BCUT2D eigenvalue weighted by molar-refractivity contribution is 9.10. The Labute approximate surface area is 116 Å². The Kier molecular flexibility index (Phi) is 4.40. The second kappa shape index (κ2) is 5.85. The predicted octanol–water partition coefficient (Wildman–Crippen LogP) is 2.87. The summed E-state index contributed by atoms with van der Waals surface area (Å²) in [6.07, 6.45) is 4.71. The van der Waals surface area contributed by atoms with Gasteiger partial charge in [-0.15, -0.1) is 0 Å².